The highest BCUT2D eigenvalue weighted by Gasteiger charge is 2.35. The Hall–Kier alpha value is -5.04. The third-order valence-electron chi connectivity index (χ3n) is 6.71. The van der Waals surface area contributed by atoms with E-state index in [-0.39, 0.29) is 37.7 Å². The lowest BCUT2D eigenvalue weighted by Crippen LogP contribution is -2.17. The number of aromatic nitrogens is 4. The molecule has 6 aromatic rings. The standard InChI is InChI=1S/C29H21F3N6O3S/c1-3-38-13-18(14(2)37-38)20-11-16(15-7-4-5-8-19(15)34-20)27(40)36-24-23-17(21-9-6-10-41-21)12-22(29(30,31)32)35-28(23)42-25(24)26(33)39/h4-13H,3H2,1-2H3,(H2,33,39)(H,36,40). The Balaban J connectivity index is 1.55. The number of fused-ring (bicyclic) bond motifs is 2. The Labute approximate surface area is 239 Å². The second-order valence-electron chi connectivity index (χ2n) is 9.39. The number of aryl methyl sites for hydroxylation is 2. The summed E-state index contributed by atoms with van der Waals surface area (Å²) in [6.45, 7) is 4.44. The summed E-state index contributed by atoms with van der Waals surface area (Å²) in [5.74, 6) is -1.46. The third-order valence-corrected chi connectivity index (χ3v) is 7.81. The first kappa shape index (κ1) is 27.1. The van der Waals surface area contributed by atoms with E-state index in [0.29, 0.717) is 34.5 Å². The van der Waals surface area contributed by atoms with Crippen LogP contribution in [0.1, 0.15) is 38.3 Å². The van der Waals surface area contributed by atoms with E-state index >= 15 is 0 Å². The molecule has 0 spiro atoms. The van der Waals surface area contributed by atoms with E-state index in [0.717, 1.165) is 17.3 Å². The normalized spacial score (nSPS) is 11.8. The predicted octanol–water partition coefficient (Wildman–Crippen LogP) is 6.67. The quantitative estimate of drug-likeness (QED) is 0.223. The third kappa shape index (κ3) is 4.67. The van der Waals surface area contributed by atoms with Gasteiger partial charge in [0.25, 0.3) is 11.8 Å². The fourth-order valence-corrected chi connectivity index (χ4v) is 5.78. The SMILES string of the molecule is CCn1cc(-c2cc(C(=O)Nc3c(C(N)=O)sc4nc(C(F)(F)F)cc(-c5ccco5)c34)c3ccccc3n2)c(C)n1. The number of hydrogen-bond acceptors (Lipinski definition) is 7. The summed E-state index contributed by atoms with van der Waals surface area (Å²) >= 11 is 0.656. The molecule has 2 amide bonds. The number of nitrogens with zero attached hydrogens (tertiary/aromatic N) is 4. The average molecular weight is 591 g/mol. The number of anilines is 1. The summed E-state index contributed by atoms with van der Waals surface area (Å²) < 4.78 is 48.4. The molecule has 212 valence electrons. The number of pyridine rings is 2. The molecule has 42 heavy (non-hydrogen) atoms. The summed E-state index contributed by atoms with van der Waals surface area (Å²) in [5, 5.41) is 7.86. The van der Waals surface area contributed by atoms with Crippen molar-refractivity contribution in [2.45, 2.75) is 26.6 Å². The van der Waals surface area contributed by atoms with Gasteiger partial charge in [-0.15, -0.1) is 11.3 Å². The van der Waals surface area contributed by atoms with Crippen LogP contribution in [0.4, 0.5) is 18.9 Å². The lowest BCUT2D eigenvalue weighted by atomic mass is 10.0. The number of thiophene rings is 1. The Bertz CT molecular complexity index is 2010. The number of primary amides is 1. The first-order valence-electron chi connectivity index (χ1n) is 12.7. The van der Waals surface area contributed by atoms with Gasteiger partial charge in [0.05, 0.1) is 34.4 Å². The fourth-order valence-electron chi connectivity index (χ4n) is 4.78. The highest BCUT2D eigenvalue weighted by Crippen LogP contribution is 2.44. The number of alkyl halides is 3. The van der Waals surface area contributed by atoms with E-state index in [2.05, 4.69) is 15.4 Å². The summed E-state index contributed by atoms with van der Waals surface area (Å²) in [7, 11) is 0. The molecule has 9 nitrogen and oxygen atoms in total. The van der Waals surface area contributed by atoms with Crippen molar-refractivity contribution in [3.05, 3.63) is 82.8 Å². The van der Waals surface area contributed by atoms with E-state index in [9.17, 15) is 22.8 Å². The Kier molecular flexibility index (Phi) is 6.53. The zero-order valence-electron chi connectivity index (χ0n) is 22.1. The van der Waals surface area contributed by atoms with Crippen LogP contribution < -0.4 is 11.1 Å². The van der Waals surface area contributed by atoms with E-state index in [1.54, 1.807) is 35.0 Å². The maximum atomic E-state index is 14.0. The molecule has 0 aliphatic carbocycles. The van der Waals surface area contributed by atoms with Gasteiger partial charge >= 0.3 is 6.18 Å². The molecule has 5 aromatic heterocycles. The van der Waals surface area contributed by atoms with Crippen LogP contribution in [0.25, 0.3) is 43.7 Å². The average Bonchev–Trinajstić information content (AvgIpc) is 3.70. The van der Waals surface area contributed by atoms with Gasteiger partial charge in [-0.05, 0) is 44.2 Å². The van der Waals surface area contributed by atoms with Crippen LogP contribution >= 0.6 is 11.3 Å². The first-order chi connectivity index (χ1) is 20.0. The van der Waals surface area contributed by atoms with Gasteiger partial charge in [0.1, 0.15) is 21.2 Å². The number of nitrogens with two attached hydrogens (primary N) is 1. The summed E-state index contributed by atoms with van der Waals surface area (Å²) in [4.78, 5) is 34.7. The topological polar surface area (TPSA) is 129 Å². The number of nitrogens with one attached hydrogen (secondary N) is 1. The number of benzene rings is 1. The molecule has 0 radical (unpaired) electrons. The first-order valence-corrected chi connectivity index (χ1v) is 13.5. The highest BCUT2D eigenvalue weighted by molar-refractivity contribution is 7.21. The molecule has 6 rings (SSSR count). The molecular formula is C29H21F3N6O3S. The monoisotopic (exact) mass is 590 g/mol. The summed E-state index contributed by atoms with van der Waals surface area (Å²) in [5.41, 5.74) is 7.14. The number of para-hydroxylation sites is 1. The molecular weight excluding hydrogens is 569 g/mol. The number of hydrogen-bond donors (Lipinski definition) is 2. The van der Waals surface area contributed by atoms with Crippen LogP contribution in [0.3, 0.4) is 0 Å². The lowest BCUT2D eigenvalue weighted by molar-refractivity contribution is -0.140. The van der Waals surface area contributed by atoms with Crippen molar-refractivity contribution >= 4 is 50.0 Å². The van der Waals surface area contributed by atoms with Crippen molar-refractivity contribution in [2.75, 3.05) is 5.32 Å². The minimum atomic E-state index is -4.77. The van der Waals surface area contributed by atoms with Gasteiger partial charge in [-0.1, -0.05) is 18.2 Å². The van der Waals surface area contributed by atoms with Gasteiger partial charge in [-0.3, -0.25) is 14.3 Å². The number of carbonyl (C=O) groups excluding carboxylic acids is 2. The largest absolute Gasteiger partial charge is 0.464 e. The highest BCUT2D eigenvalue weighted by atomic mass is 32.1. The van der Waals surface area contributed by atoms with Gasteiger partial charge in [0.2, 0.25) is 0 Å². The van der Waals surface area contributed by atoms with E-state index in [1.165, 1.54) is 18.4 Å². The van der Waals surface area contributed by atoms with Crippen LogP contribution in [-0.2, 0) is 12.7 Å². The van der Waals surface area contributed by atoms with Crippen molar-refractivity contribution in [2.24, 2.45) is 5.73 Å². The molecule has 0 saturated carbocycles. The number of furan rings is 1. The molecule has 0 unspecified atom stereocenters. The minimum absolute atomic E-state index is 0.000690. The summed E-state index contributed by atoms with van der Waals surface area (Å²) in [6.07, 6.45) is -1.63. The van der Waals surface area contributed by atoms with Crippen molar-refractivity contribution in [3.63, 3.8) is 0 Å². The van der Waals surface area contributed by atoms with E-state index in [1.807, 2.05) is 20.0 Å². The van der Waals surface area contributed by atoms with Gasteiger partial charge < -0.3 is 15.5 Å². The fraction of sp³-hybridized carbons (Fsp3) is 0.138. The number of halogens is 3. The van der Waals surface area contributed by atoms with Crippen LogP contribution in [0.5, 0.6) is 0 Å². The van der Waals surface area contributed by atoms with E-state index in [4.69, 9.17) is 15.1 Å². The molecule has 3 N–H and O–H groups in total. The van der Waals surface area contributed by atoms with Crippen LogP contribution in [-0.4, -0.2) is 31.6 Å². The molecule has 0 atom stereocenters. The Morgan fingerprint density at radius 2 is 1.88 bits per heavy atom. The Morgan fingerprint density at radius 3 is 2.55 bits per heavy atom. The smallest absolute Gasteiger partial charge is 0.433 e. The predicted molar refractivity (Wildman–Crippen MR) is 152 cm³/mol. The van der Waals surface area contributed by atoms with Gasteiger partial charge in [0.15, 0.2) is 0 Å². The van der Waals surface area contributed by atoms with Gasteiger partial charge in [-0.25, -0.2) is 9.97 Å². The summed E-state index contributed by atoms with van der Waals surface area (Å²) in [6, 6.07) is 12.5. The van der Waals surface area contributed by atoms with Crippen LogP contribution in [0.15, 0.2) is 65.4 Å². The maximum absolute atomic E-state index is 14.0. The van der Waals surface area contributed by atoms with Crippen molar-refractivity contribution in [3.8, 4) is 22.6 Å². The van der Waals surface area contributed by atoms with Gasteiger partial charge in [-0.2, -0.15) is 18.3 Å². The van der Waals surface area contributed by atoms with Crippen LogP contribution in [0, 0.1) is 6.92 Å². The zero-order chi connectivity index (χ0) is 29.8. The van der Waals surface area contributed by atoms with Crippen LogP contribution in [0.2, 0.25) is 0 Å². The molecule has 5 heterocycles. The van der Waals surface area contributed by atoms with Gasteiger partial charge in [0, 0.05) is 34.6 Å². The molecule has 13 heteroatoms. The molecule has 0 fully saturated rings. The van der Waals surface area contributed by atoms with E-state index < -0.39 is 23.7 Å². The second-order valence-corrected chi connectivity index (χ2v) is 10.4. The number of rotatable bonds is 6. The maximum Gasteiger partial charge on any atom is 0.433 e. The number of amides is 2. The molecule has 0 saturated heterocycles. The minimum Gasteiger partial charge on any atom is -0.464 e. The number of carbonyl (C=O) groups is 2. The van der Waals surface area contributed by atoms with Crippen molar-refractivity contribution in [1.82, 2.24) is 19.7 Å². The molecule has 0 aliphatic rings. The lowest BCUT2D eigenvalue weighted by Gasteiger charge is -2.13. The second kappa shape index (κ2) is 10.1. The van der Waals surface area contributed by atoms with Crippen molar-refractivity contribution in [1.29, 1.82) is 0 Å². The zero-order valence-corrected chi connectivity index (χ0v) is 22.9. The molecule has 0 aliphatic heterocycles. The van der Waals surface area contributed by atoms with Crippen molar-refractivity contribution < 1.29 is 27.2 Å². The molecule has 1 aromatic carbocycles. The molecule has 0 bridgehead atoms. The Morgan fingerprint density at radius 1 is 1.10 bits per heavy atom.